The van der Waals surface area contributed by atoms with Gasteiger partial charge in [0.15, 0.2) is 0 Å². The Labute approximate surface area is 128 Å². The molecule has 1 unspecified atom stereocenters. The molecule has 0 aliphatic carbocycles. The van der Waals surface area contributed by atoms with Gasteiger partial charge in [0.25, 0.3) is 0 Å². The van der Waals surface area contributed by atoms with E-state index in [0.717, 1.165) is 6.42 Å². The van der Waals surface area contributed by atoms with Crippen LogP contribution < -0.4 is 5.32 Å². The molecule has 0 bridgehead atoms. The normalized spacial score (nSPS) is 12.9. The number of rotatable bonds is 5. The van der Waals surface area contributed by atoms with Crippen LogP contribution >= 0.6 is 27.3 Å². The highest BCUT2D eigenvalue weighted by Gasteiger charge is 2.11. The van der Waals surface area contributed by atoms with Crippen LogP contribution in [-0.2, 0) is 6.42 Å². The molecule has 0 amide bonds. The minimum Gasteiger partial charge on any atom is -0.313 e. The van der Waals surface area contributed by atoms with Crippen LogP contribution in [-0.4, -0.2) is 7.05 Å². The lowest BCUT2D eigenvalue weighted by Gasteiger charge is -2.17. The summed E-state index contributed by atoms with van der Waals surface area (Å²) < 4.78 is 1.20. The van der Waals surface area contributed by atoms with Gasteiger partial charge in [-0.3, -0.25) is 0 Å². The predicted octanol–water partition coefficient (Wildman–Crippen LogP) is 5.14. The summed E-state index contributed by atoms with van der Waals surface area (Å²) in [6, 6.07) is 13.7. The molecule has 0 radical (unpaired) electrons. The van der Waals surface area contributed by atoms with Crippen molar-refractivity contribution < 1.29 is 0 Å². The highest BCUT2D eigenvalue weighted by molar-refractivity contribution is 9.11. The van der Waals surface area contributed by atoms with Gasteiger partial charge in [0.2, 0.25) is 0 Å². The van der Waals surface area contributed by atoms with Crippen molar-refractivity contribution in [2.24, 2.45) is 0 Å². The van der Waals surface area contributed by atoms with Crippen molar-refractivity contribution >= 4 is 27.3 Å². The Morgan fingerprint density at radius 2 is 1.68 bits per heavy atom. The first-order valence-corrected chi connectivity index (χ1v) is 8.22. The molecule has 1 aromatic heterocycles. The van der Waals surface area contributed by atoms with Crippen molar-refractivity contribution in [1.29, 1.82) is 0 Å². The Kier molecular flexibility index (Phi) is 5.20. The van der Waals surface area contributed by atoms with Gasteiger partial charge in [-0.05, 0) is 52.2 Å². The number of nitrogens with one attached hydrogen (secondary N) is 1. The summed E-state index contributed by atoms with van der Waals surface area (Å²) in [7, 11) is 2.03. The lowest BCUT2D eigenvalue weighted by atomic mass is 9.97. The summed E-state index contributed by atoms with van der Waals surface area (Å²) in [5.41, 5.74) is 2.76. The Balaban J connectivity index is 2.12. The van der Waals surface area contributed by atoms with Gasteiger partial charge in [0.1, 0.15) is 0 Å². The molecule has 1 heterocycles. The zero-order valence-corrected chi connectivity index (χ0v) is 14.0. The number of hydrogen-bond donors (Lipinski definition) is 1. The second-order valence-corrected chi connectivity index (χ2v) is 7.62. The Morgan fingerprint density at radius 1 is 1.05 bits per heavy atom. The van der Waals surface area contributed by atoms with Gasteiger partial charge in [-0.15, -0.1) is 11.3 Å². The summed E-state index contributed by atoms with van der Waals surface area (Å²) in [5.74, 6) is 0.593. The first-order valence-electron chi connectivity index (χ1n) is 6.61. The van der Waals surface area contributed by atoms with Crippen molar-refractivity contribution in [3.63, 3.8) is 0 Å². The molecule has 0 spiro atoms. The fourth-order valence-corrected chi connectivity index (χ4v) is 3.69. The molecule has 3 heteroatoms. The van der Waals surface area contributed by atoms with Crippen molar-refractivity contribution in [2.75, 3.05) is 7.05 Å². The van der Waals surface area contributed by atoms with E-state index in [2.05, 4.69) is 71.5 Å². The van der Waals surface area contributed by atoms with Gasteiger partial charge in [0, 0.05) is 17.3 Å². The minimum absolute atomic E-state index is 0.381. The number of likely N-dealkylation sites (N-methyl/N-ethyl adjacent to an activating group) is 1. The van der Waals surface area contributed by atoms with Gasteiger partial charge in [-0.25, -0.2) is 0 Å². The first kappa shape index (κ1) is 14.8. The molecule has 1 N–H and O–H groups in total. The molecule has 0 saturated carbocycles. The zero-order chi connectivity index (χ0) is 13.8. The third-order valence-electron chi connectivity index (χ3n) is 3.39. The largest absolute Gasteiger partial charge is 0.313 e. The van der Waals surface area contributed by atoms with E-state index in [4.69, 9.17) is 0 Å². The molecule has 0 fully saturated rings. The topological polar surface area (TPSA) is 12.0 Å². The SMILES string of the molecule is CNC(Cc1ccc(Br)s1)c1ccc(C(C)C)cc1. The minimum atomic E-state index is 0.381. The van der Waals surface area contributed by atoms with Gasteiger partial charge in [-0.2, -0.15) is 0 Å². The average molecular weight is 338 g/mol. The van der Waals surface area contributed by atoms with Crippen molar-refractivity contribution in [3.05, 3.63) is 56.2 Å². The van der Waals surface area contributed by atoms with E-state index >= 15 is 0 Å². The van der Waals surface area contributed by atoms with Crippen molar-refractivity contribution in [2.45, 2.75) is 32.2 Å². The lowest BCUT2D eigenvalue weighted by Crippen LogP contribution is -2.18. The highest BCUT2D eigenvalue weighted by atomic mass is 79.9. The number of benzene rings is 1. The third kappa shape index (κ3) is 3.91. The molecule has 1 atom stereocenters. The quantitative estimate of drug-likeness (QED) is 0.796. The summed E-state index contributed by atoms with van der Waals surface area (Å²) in [6.07, 6.45) is 1.04. The third-order valence-corrected chi connectivity index (χ3v) is 5.03. The second kappa shape index (κ2) is 6.69. The van der Waals surface area contributed by atoms with Gasteiger partial charge in [0.05, 0.1) is 3.79 Å². The van der Waals surface area contributed by atoms with E-state index < -0.39 is 0 Å². The molecule has 0 aliphatic rings. The van der Waals surface area contributed by atoms with Crippen molar-refractivity contribution in [1.82, 2.24) is 5.32 Å². The molecular weight excluding hydrogens is 318 g/mol. The summed E-state index contributed by atoms with van der Waals surface area (Å²) in [6.45, 7) is 4.46. The summed E-state index contributed by atoms with van der Waals surface area (Å²) in [4.78, 5) is 1.40. The van der Waals surface area contributed by atoms with Crippen molar-refractivity contribution in [3.8, 4) is 0 Å². The molecule has 2 rings (SSSR count). The van der Waals surface area contributed by atoms with Gasteiger partial charge < -0.3 is 5.32 Å². The van der Waals surface area contributed by atoms with Crippen LogP contribution in [0.5, 0.6) is 0 Å². The molecule has 19 heavy (non-hydrogen) atoms. The first-order chi connectivity index (χ1) is 9.10. The molecule has 1 nitrogen and oxygen atoms in total. The molecule has 0 aliphatic heterocycles. The van der Waals surface area contributed by atoms with Crippen LogP contribution in [0.2, 0.25) is 0 Å². The van der Waals surface area contributed by atoms with Crippen LogP contribution in [0, 0.1) is 0 Å². The zero-order valence-electron chi connectivity index (χ0n) is 11.6. The highest BCUT2D eigenvalue weighted by Crippen LogP contribution is 2.27. The Bertz CT molecular complexity index is 516. The lowest BCUT2D eigenvalue weighted by molar-refractivity contribution is 0.596. The van der Waals surface area contributed by atoms with Gasteiger partial charge in [-0.1, -0.05) is 38.1 Å². The number of hydrogen-bond acceptors (Lipinski definition) is 2. The van der Waals surface area contributed by atoms with Crippen LogP contribution in [0.3, 0.4) is 0 Å². The smallest absolute Gasteiger partial charge is 0.0701 e. The van der Waals surface area contributed by atoms with Crippen LogP contribution in [0.25, 0.3) is 0 Å². The van der Waals surface area contributed by atoms with E-state index in [1.807, 2.05) is 18.4 Å². The molecule has 102 valence electrons. The summed E-state index contributed by atoms with van der Waals surface area (Å²) in [5, 5.41) is 3.42. The monoisotopic (exact) mass is 337 g/mol. The van der Waals surface area contributed by atoms with Gasteiger partial charge >= 0.3 is 0 Å². The Morgan fingerprint density at radius 3 is 2.16 bits per heavy atom. The van der Waals surface area contributed by atoms with Crippen LogP contribution in [0.15, 0.2) is 40.2 Å². The Hall–Kier alpha value is -0.640. The number of halogens is 1. The van der Waals surface area contributed by atoms with E-state index in [1.165, 1.54) is 19.8 Å². The molecular formula is C16H20BrNS. The van der Waals surface area contributed by atoms with E-state index in [0.29, 0.717) is 12.0 Å². The second-order valence-electron chi connectivity index (χ2n) is 5.07. The standard InChI is InChI=1S/C16H20BrNS/c1-11(2)12-4-6-13(7-5-12)15(18-3)10-14-8-9-16(17)19-14/h4-9,11,15,18H,10H2,1-3H3. The van der Waals surface area contributed by atoms with E-state index in [-0.39, 0.29) is 0 Å². The maximum Gasteiger partial charge on any atom is 0.0701 e. The fourth-order valence-electron chi connectivity index (χ4n) is 2.16. The predicted molar refractivity (Wildman–Crippen MR) is 88.1 cm³/mol. The fraction of sp³-hybridized carbons (Fsp3) is 0.375. The van der Waals surface area contributed by atoms with E-state index in [9.17, 15) is 0 Å². The van der Waals surface area contributed by atoms with Crippen LogP contribution in [0.1, 0.15) is 41.8 Å². The average Bonchev–Trinajstić information content (AvgIpc) is 2.81. The maximum absolute atomic E-state index is 3.52. The summed E-state index contributed by atoms with van der Waals surface area (Å²) >= 11 is 5.33. The molecule has 1 aromatic carbocycles. The number of thiophene rings is 1. The molecule has 0 saturated heterocycles. The van der Waals surface area contributed by atoms with Crippen LogP contribution in [0.4, 0.5) is 0 Å². The molecule has 2 aromatic rings. The van der Waals surface area contributed by atoms with E-state index in [1.54, 1.807) is 0 Å². The maximum atomic E-state index is 3.52.